The standard InChI is InChI=1S/C22H26N2O3S/c1-16-4-6-17(7-5-16)19-8-14-28-20(19)22(26)24-9-2-3-18(15-24)21(25)23-10-12-27-13-11-23/h4-8,14,18H,2-3,9-13,15H2,1H3. The van der Waals surface area contributed by atoms with E-state index in [9.17, 15) is 9.59 Å². The number of ether oxygens (including phenoxy) is 1. The normalized spacial score (nSPS) is 20.2. The summed E-state index contributed by atoms with van der Waals surface area (Å²) in [5, 5.41) is 1.97. The van der Waals surface area contributed by atoms with Crippen LogP contribution in [0.5, 0.6) is 0 Å². The van der Waals surface area contributed by atoms with Crippen LogP contribution < -0.4 is 0 Å². The fourth-order valence-corrected chi connectivity index (χ4v) is 4.87. The number of piperidine rings is 1. The molecule has 2 saturated heterocycles. The van der Waals surface area contributed by atoms with Crippen LogP contribution in [-0.4, -0.2) is 61.0 Å². The summed E-state index contributed by atoms with van der Waals surface area (Å²) in [7, 11) is 0. The second-order valence-electron chi connectivity index (χ2n) is 7.56. The predicted octanol–water partition coefficient (Wildman–Crippen LogP) is 3.43. The quantitative estimate of drug-likeness (QED) is 0.796. The van der Waals surface area contributed by atoms with Gasteiger partial charge in [-0.15, -0.1) is 11.3 Å². The molecule has 2 aliphatic rings. The van der Waals surface area contributed by atoms with E-state index >= 15 is 0 Å². The maximum Gasteiger partial charge on any atom is 0.264 e. The average Bonchev–Trinajstić information content (AvgIpc) is 3.24. The molecule has 1 unspecified atom stereocenters. The summed E-state index contributed by atoms with van der Waals surface area (Å²) in [5.41, 5.74) is 3.25. The molecule has 1 aromatic heterocycles. The minimum atomic E-state index is -0.0985. The third-order valence-electron chi connectivity index (χ3n) is 5.60. The summed E-state index contributed by atoms with van der Waals surface area (Å²) >= 11 is 1.48. The van der Waals surface area contributed by atoms with Crippen LogP contribution in [0.25, 0.3) is 11.1 Å². The van der Waals surface area contributed by atoms with Crippen LogP contribution in [0.3, 0.4) is 0 Å². The van der Waals surface area contributed by atoms with E-state index in [1.165, 1.54) is 16.9 Å². The van der Waals surface area contributed by atoms with Crippen molar-refractivity contribution in [3.63, 3.8) is 0 Å². The molecule has 148 valence electrons. The number of hydrogen-bond donors (Lipinski definition) is 0. The fourth-order valence-electron chi connectivity index (χ4n) is 3.98. The largest absolute Gasteiger partial charge is 0.378 e. The molecule has 2 fully saturated rings. The smallest absolute Gasteiger partial charge is 0.264 e. The Morgan fingerprint density at radius 2 is 1.79 bits per heavy atom. The summed E-state index contributed by atoms with van der Waals surface area (Å²) in [6.07, 6.45) is 1.73. The number of aryl methyl sites for hydroxylation is 1. The first-order valence-electron chi connectivity index (χ1n) is 9.94. The number of hydrogen-bond acceptors (Lipinski definition) is 4. The summed E-state index contributed by atoms with van der Waals surface area (Å²) in [6, 6.07) is 10.3. The maximum atomic E-state index is 13.3. The Bertz CT molecular complexity index is 840. The molecule has 0 radical (unpaired) electrons. The van der Waals surface area contributed by atoms with Crippen LogP contribution in [0.2, 0.25) is 0 Å². The summed E-state index contributed by atoms with van der Waals surface area (Å²) in [6.45, 7) is 5.82. The molecule has 0 bridgehead atoms. The molecule has 3 heterocycles. The van der Waals surface area contributed by atoms with Crippen molar-refractivity contribution in [2.45, 2.75) is 19.8 Å². The first-order valence-corrected chi connectivity index (χ1v) is 10.8. The van der Waals surface area contributed by atoms with Crippen molar-refractivity contribution in [1.82, 2.24) is 9.80 Å². The van der Waals surface area contributed by atoms with Gasteiger partial charge < -0.3 is 14.5 Å². The Labute approximate surface area is 169 Å². The van der Waals surface area contributed by atoms with Crippen molar-refractivity contribution in [2.24, 2.45) is 5.92 Å². The van der Waals surface area contributed by atoms with Crippen LogP contribution in [-0.2, 0) is 9.53 Å². The minimum absolute atomic E-state index is 0.0463. The van der Waals surface area contributed by atoms with Gasteiger partial charge in [-0.2, -0.15) is 0 Å². The van der Waals surface area contributed by atoms with Crippen molar-refractivity contribution >= 4 is 23.2 Å². The third-order valence-corrected chi connectivity index (χ3v) is 6.51. The number of thiophene rings is 1. The number of morpholine rings is 1. The highest BCUT2D eigenvalue weighted by Gasteiger charge is 2.33. The predicted molar refractivity (Wildman–Crippen MR) is 111 cm³/mol. The van der Waals surface area contributed by atoms with Crippen LogP contribution in [0.4, 0.5) is 0 Å². The van der Waals surface area contributed by atoms with Gasteiger partial charge in [-0.25, -0.2) is 0 Å². The minimum Gasteiger partial charge on any atom is -0.378 e. The van der Waals surface area contributed by atoms with Crippen LogP contribution in [0.15, 0.2) is 35.7 Å². The fraction of sp³-hybridized carbons (Fsp3) is 0.455. The van der Waals surface area contributed by atoms with E-state index in [0.29, 0.717) is 32.8 Å². The van der Waals surface area contributed by atoms with E-state index < -0.39 is 0 Å². The van der Waals surface area contributed by atoms with Gasteiger partial charge in [-0.1, -0.05) is 29.8 Å². The van der Waals surface area contributed by atoms with Crippen molar-refractivity contribution in [2.75, 3.05) is 39.4 Å². The zero-order valence-electron chi connectivity index (χ0n) is 16.2. The van der Waals surface area contributed by atoms with Crippen molar-refractivity contribution in [1.29, 1.82) is 0 Å². The first kappa shape index (κ1) is 19.2. The number of rotatable bonds is 3. The lowest BCUT2D eigenvalue weighted by atomic mass is 9.95. The van der Waals surface area contributed by atoms with Gasteiger partial charge in [0, 0.05) is 31.7 Å². The molecule has 2 aromatic rings. The summed E-state index contributed by atoms with van der Waals surface area (Å²) in [5.74, 6) is 0.120. The molecule has 1 atom stereocenters. The highest BCUT2D eigenvalue weighted by atomic mass is 32.1. The zero-order chi connectivity index (χ0) is 19.5. The van der Waals surface area contributed by atoms with E-state index in [-0.39, 0.29) is 17.7 Å². The van der Waals surface area contributed by atoms with Crippen molar-refractivity contribution < 1.29 is 14.3 Å². The lowest BCUT2D eigenvalue weighted by Gasteiger charge is -2.36. The number of amides is 2. The van der Waals surface area contributed by atoms with Gasteiger partial charge in [-0.05, 0) is 36.8 Å². The molecular formula is C22H26N2O3S. The first-order chi connectivity index (χ1) is 13.6. The van der Waals surface area contributed by atoms with E-state index in [1.807, 2.05) is 21.2 Å². The molecule has 0 saturated carbocycles. The van der Waals surface area contributed by atoms with Crippen LogP contribution >= 0.6 is 11.3 Å². The number of likely N-dealkylation sites (tertiary alicyclic amines) is 1. The monoisotopic (exact) mass is 398 g/mol. The molecule has 2 aliphatic heterocycles. The molecule has 28 heavy (non-hydrogen) atoms. The molecule has 0 aliphatic carbocycles. The Hall–Kier alpha value is -2.18. The number of carbonyl (C=O) groups excluding carboxylic acids is 2. The molecule has 1 aromatic carbocycles. The van der Waals surface area contributed by atoms with Gasteiger partial charge >= 0.3 is 0 Å². The summed E-state index contributed by atoms with van der Waals surface area (Å²) in [4.78, 5) is 30.7. The van der Waals surface area contributed by atoms with E-state index in [2.05, 4.69) is 31.2 Å². The third kappa shape index (κ3) is 3.98. The number of nitrogens with zero attached hydrogens (tertiary/aromatic N) is 2. The second-order valence-corrected chi connectivity index (χ2v) is 8.47. The van der Waals surface area contributed by atoms with E-state index in [1.54, 1.807) is 0 Å². The maximum absolute atomic E-state index is 13.3. The Morgan fingerprint density at radius 1 is 1.04 bits per heavy atom. The number of carbonyl (C=O) groups is 2. The molecule has 4 rings (SSSR count). The molecular weight excluding hydrogens is 372 g/mol. The summed E-state index contributed by atoms with van der Waals surface area (Å²) < 4.78 is 5.35. The van der Waals surface area contributed by atoms with Gasteiger partial charge in [0.1, 0.15) is 0 Å². The van der Waals surface area contributed by atoms with Gasteiger partial charge in [-0.3, -0.25) is 9.59 Å². The van der Waals surface area contributed by atoms with Crippen LogP contribution in [0, 0.1) is 12.8 Å². The van der Waals surface area contributed by atoms with Gasteiger partial charge in [0.15, 0.2) is 0 Å². The molecule has 0 spiro atoms. The molecule has 2 amide bonds. The van der Waals surface area contributed by atoms with E-state index in [0.717, 1.165) is 35.4 Å². The second kappa shape index (κ2) is 8.45. The topological polar surface area (TPSA) is 49.9 Å². The molecule has 5 nitrogen and oxygen atoms in total. The van der Waals surface area contributed by atoms with Gasteiger partial charge in [0.05, 0.1) is 24.0 Å². The SMILES string of the molecule is Cc1ccc(-c2ccsc2C(=O)N2CCCC(C(=O)N3CCOCC3)C2)cc1. The van der Waals surface area contributed by atoms with Gasteiger partial charge in [0.25, 0.3) is 5.91 Å². The number of benzene rings is 1. The lowest BCUT2D eigenvalue weighted by Crippen LogP contribution is -2.49. The Balaban J connectivity index is 1.48. The van der Waals surface area contributed by atoms with E-state index in [4.69, 9.17) is 4.74 Å². The molecule has 0 N–H and O–H groups in total. The van der Waals surface area contributed by atoms with Crippen molar-refractivity contribution in [3.8, 4) is 11.1 Å². The molecule has 6 heteroatoms. The Kier molecular flexibility index (Phi) is 5.78. The highest BCUT2D eigenvalue weighted by molar-refractivity contribution is 7.12. The van der Waals surface area contributed by atoms with Crippen LogP contribution in [0.1, 0.15) is 28.1 Å². The highest BCUT2D eigenvalue weighted by Crippen LogP contribution is 2.31. The average molecular weight is 399 g/mol. The van der Waals surface area contributed by atoms with Crippen molar-refractivity contribution in [3.05, 3.63) is 46.2 Å². The lowest BCUT2D eigenvalue weighted by molar-refractivity contribution is -0.141. The zero-order valence-corrected chi connectivity index (χ0v) is 17.0. The Morgan fingerprint density at radius 3 is 2.54 bits per heavy atom. The van der Waals surface area contributed by atoms with Gasteiger partial charge in [0.2, 0.25) is 5.91 Å².